The molecule has 186 valence electrons. The molecule has 0 aliphatic carbocycles. The predicted octanol–water partition coefficient (Wildman–Crippen LogP) is 10.1. The molecule has 0 spiro atoms. The highest BCUT2D eigenvalue weighted by Crippen LogP contribution is 2.39. The van der Waals surface area contributed by atoms with Gasteiger partial charge in [0.25, 0.3) is 0 Å². The number of nitrogens with zero attached hydrogens (tertiary/aromatic N) is 2. The highest BCUT2D eigenvalue weighted by Gasteiger charge is 2.14. The van der Waals surface area contributed by atoms with E-state index in [0.717, 1.165) is 44.2 Å². The summed E-state index contributed by atoms with van der Waals surface area (Å²) < 4.78 is 0. The van der Waals surface area contributed by atoms with Gasteiger partial charge >= 0.3 is 0 Å². The third-order valence-electron chi connectivity index (χ3n) is 7.88. The van der Waals surface area contributed by atoms with Crippen LogP contribution in [-0.2, 0) is 0 Å². The zero-order valence-corrected chi connectivity index (χ0v) is 21.8. The number of aromatic nitrogens is 2. The second kappa shape index (κ2) is 9.14. The van der Waals surface area contributed by atoms with E-state index in [2.05, 4.69) is 127 Å². The summed E-state index contributed by atoms with van der Waals surface area (Å²) in [5.74, 6) is 0. The summed E-state index contributed by atoms with van der Waals surface area (Å²) in [7, 11) is 0. The summed E-state index contributed by atoms with van der Waals surface area (Å²) in [5.41, 5.74) is 8.71. The fraction of sp³-hybridized carbons (Fsp3) is 0. The summed E-state index contributed by atoms with van der Waals surface area (Å²) in [6.07, 6.45) is 1.85. The molecule has 0 saturated heterocycles. The van der Waals surface area contributed by atoms with Gasteiger partial charge in [0, 0.05) is 22.5 Å². The minimum atomic E-state index is 0.929. The zero-order chi connectivity index (χ0) is 26.5. The topological polar surface area (TPSA) is 25.8 Å². The van der Waals surface area contributed by atoms with Gasteiger partial charge in [0.2, 0.25) is 0 Å². The first-order chi connectivity index (χ1) is 19.8. The first kappa shape index (κ1) is 22.6. The van der Waals surface area contributed by atoms with Gasteiger partial charge in [-0.25, -0.2) is 4.98 Å². The molecule has 0 aliphatic rings. The number of hydrogen-bond acceptors (Lipinski definition) is 2. The van der Waals surface area contributed by atoms with E-state index in [1.54, 1.807) is 0 Å². The van der Waals surface area contributed by atoms with Gasteiger partial charge in [0.15, 0.2) is 0 Å². The van der Waals surface area contributed by atoms with Crippen LogP contribution in [0.3, 0.4) is 0 Å². The Bertz CT molecular complexity index is 2140. The smallest absolute Gasteiger partial charge is 0.0978 e. The molecule has 2 aromatic heterocycles. The van der Waals surface area contributed by atoms with Crippen molar-refractivity contribution >= 4 is 43.4 Å². The van der Waals surface area contributed by atoms with Gasteiger partial charge in [-0.2, -0.15) is 0 Å². The molecule has 2 heterocycles. The van der Waals surface area contributed by atoms with Crippen molar-refractivity contribution in [3.05, 3.63) is 146 Å². The maximum atomic E-state index is 5.13. The van der Waals surface area contributed by atoms with Crippen LogP contribution in [0.2, 0.25) is 0 Å². The lowest BCUT2D eigenvalue weighted by atomic mass is 9.90. The lowest BCUT2D eigenvalue weighted by Crippen LogP contribution is -1.92. The fourth-order valence-corrected chi connectivity index (χ4v) is 5.96. The number of rotatable bonds is 3. The Morgan fingerprint density at radius 3 is 1.80 bits per heavy atom. The maximum absolute atomic E-state index is 5.13. The largest absolute Gasteiger partial charge is 0.254 e. The molecule has 6 aromatic carbocycles. The normalized spacial score (nSPS) is 11.5. The van der Waals surface area contributed by atoms with Gasteiger partial charge in [-0.05, 0) is 62.0 Å². The average molecular weight is 509 g/mol. The third kappa shape index (κ3) is 3.65. The number of benzene rings is 6. The molecule has 0 N–H and O–H groups in total. The van der Waals surface area contributed by atoms with Crippen LogP contribution in [-0.4, -0.2) is 9.97 Å². The van der Waals surface area contributed by atoms with Gasteiger partial charge in [-0.3, -0.25) is 4.98 Å². The predicted molar refractivity (Wildman–Crippen MR) is 168 cm³/mol. The Morgan fingerprint density at radius 2 is 1.05 bits per heavy atom. The fourth-order valence-electron chi connectivity index (χ4n) is 5.96. The van der Waals surface area contributed by atoms with Crippen molar-refractivity contribution in [1.29, 1.82) is 0 Å². The van der Waals surface area contributed by atoms with E-state index >= 15 is 0 Å². The van der Waals surface area contributed by atoms with Crippen LogP contribution >= 0.6 is 0 Å². The van der Waals surface area contributed by atoms with Crippen molar-refractivity contribution in [2.24, 2.45) is 0 Å². The lowest BCUT2D eigenvalue weighted by molar-refractivity contribution is 1.37. The average Bonchev–Trinajstić information content (AvgIpc) is 3.03. The summed E-state index contributed by atoms with van der Waals surface area (Å²) in [6, 6.07) is 49.7. The van der Waals surface area contributed by atoms with E-state index in [0.29, 0.717) is 0 Å². The van der Waals surface area contributed by atoms with Crippen molar-refractivity contribution in [2.75, 3.05) is 0 Å². The first-order valence-electron chi connectivity index (χ1n) is 13.6. The van der Waals surface area contributed by atoms with E-state index in [1.807, 2.05) is 18.3 Å². The van der Waals surface area contributed by atoms with Crippen LogP contribution in [0.15, 0.2) is 146 Å². The number of hydrogen-bond donors (Lipinski definition) is 0. The zero-order valence-electron chi connectivity index (χ0n) is 21.8. The van der Waals surface area contributed by atoms with E-state index in [4.69, 9.17) is 9.97 Å². The lowest BCUT2D eigenvalue weighted by Gasteiger charge is -2.14. The second-order valence-electron chi connectivity index (χ2n) is 10.2. The summed E-state index contributed by atoms with van der Waals surface area (Å²) in [6.45, 7) is 0. The van der Waals surface area contributed by atoms with Gasteiger partial charge < -0.3 is 0 Å². The number of fused-ring (bicyclic) bond motifs is 5. The van der Waals surface area contributed by atoms with E-state index in [9.17, 15) is 0 Å². The van der Waals surface area contributed by atoms with Crippen molar-refractivity contribution < 1.29 is 0 Å². The van der Waals surface area contributed by atoms with Crippen LogP contribution in [0.4, 0.5) is 0 Å². The van der Waals surface area contributed by atoms with Crippen molar-refractivity contribution in [3.63, 3.8) is 0 Å². The molecular formula is C38H24N2. The van der Waals surface area contributed by atoms with Crippen LogP contribution < -0.4 is 0 Å². The summed E-state index contributed by atoms with van der Waals surface area (Å²) in [4.78, 5) is 9.86. The van der Waals surface area contributed by atoms with Gasteiger partial charge in [0.05, 0.1) is 16.7 Å². The molecule has 40 heavy (non-hydrogen) atoms. The van der Waals surface area contributed by atoms with Crippen LogP contribution in [0.1, 0.15) is 0 Å². The molecule has 8 rings (SSSR count). The molecule has 0 atom stereocenters. The van der Waals surface area contributed by atoms with Gasteiger partial charge in [0.1, 0.15) is 0 Å². The molecule has 0 aliphatic heterocycles. The molecular weight excluding hydrogens is 484 g/mol. The quantitative estimate of drug-likeness (QED) is 0.175. The molecule has 0 fully saturated rings. The minimum Gasteiger partial charge on any atom is -0.254 e. The monoisotopic (exact) mass is 508 g/mol. The van der Waals surface area contributed by atoms with Gasteiger partial charge in [-0.15, -0.1) is 0 Å². The summed E-state index contributed by atoms with van der Waals surface area (Å²) >= 11 is 0. The van der Waals surface area contributed by atoms with Crippen molar-refractivity contribution in [3.8, 4) is 33.5 Å². The van der Waals surface area contributed by atoms with Crippen LogP contribution in [0, 0.1) is 0 Å². The third-order valence-corrected chi connectivity index (χ3v) is 7.88. The Kier molecular flexibility index (Phi) is 5.17. The van der Waals surface area contributed by atoms with Crippen LogP contribution in [0.5, 0.6) is 0 Å². The maximum Gasteiger partial charge on any atom is 0.0978 e. The Balaban J connectivity index is 1.36. The SMILES string of the molecule is c1ccc(-c2cc(-c3ccc(-c4c5ccccc5cc5ccccc45)cc3)c3ccc4cccnc4c3n2)cc1. The molecule has 2 nitrogen and oxygen atoms in total. The molecule has 0 radical (unpaired) electrons. The Labute approximate surface area is 232 Å². The Morgan fingerprint density at radius 1 is 0.400 bits per heavy atom. The molecule has 2 heteroatoms. The van der Waals surface area contributed by atoms with E-state index in [-0.39, 0.29) is 0 Å². The van der Waals surface area contributed by atoms with E-state index < -0.39 is 0 Å². The molecule has 0 saturated carbocycles. The number of pyridine rings is 2. The minimum absolute atomic E-state index is 0.929. The van der Waals surface area contributed by atoms with Crippen molar-refractivity contribution in [2.45, 2.75) is 0 Å². The second-order valence-corrected chi connectivity index (χ2v) is 10.2. The Hall–Kier alpha value is -5.34. The molecule has 0 amide bonds. The molecule has 0 bridgehead atoms. The van der Waals surface area contributed by atoms with Crippen molar-refractivity contribution in [1.82, 2.24) is 9.97 Å². The molecule has 0 unspecified atom stereocenters. The first-order valence-corrected chi connectivity index (χ1v) is 13.6. The van der Waals surface area contributed by atoms with Gasteiger partial charge in [-0.1, -0.05) is 121 Å². The standard InChI is InChI=1S/C38H24N2/c1-2-9-26(10-3-1)35-24-34(33-21-20-28-13-8-22-39-37(28)38(33)40-35)25-16-18-27(19-17-25)36-31-14-6-4-11-29(31)23-30-12-5-7-15-32(30)36/h1-24H. The summed E-state index contributed by atoms with van der Waals surface area (Å²) in [5, 5.41) is 7.25. The molecule has 8 aromatic rings. The highest BCUT2D eigenvalue weighted by atomic mass is 14.8. The van der Waals surface area contributed by atoms with Crippen LogP contribution in [0.25, 0.3) is 76.9 Å². The van der Waals surface area contributed by atoms with E-state index in [1.165, 1.54) is 32.7 Å². The highest BCUT2D eigenvalue weighted by molar-refractivity contribution is 6.13.